The molecule has 2 rings (SSSR count). The SMILES string of the molecule is CC(=O)N[C@@H]1C(O[C@@H]2O[C@H](CO)[C@H](O)[C@H](O)[C@H]2O)[C@@H](O)[C@@H](CO)O[C@@H]1O. The van der Waals surface area contributed by atoms with Gasteiger partial charge in [-0.05, 0) is 0 Å². The van der Waals surface area contributed by atoms with E-state index in [2.05, 4.69) is 5.32 Å². The maximum atomic E-state index is 11.4. The molecule has 0 aromatic heterocycles. The van der Waals surface area contributed by atoms with Gasteiger partial charge in [-0.15, -0.1) is 0 Å². The Balaban J connectivity index is 2.21. The first-order valence-electron chi connectivity index (χ1n) is 8.06. The van der Waals surface area contributed by atoms with Crippen molar-refractivity contribution in [3.63, 3.8) is 0 Å². The monoisotopic (exact) mass is 383 g/mol. The summed E-state index contributed by atoms with van der Waals surface area (Å²) in [5.41, 5.74) is 0. The number of amides is 1. The van der Waals surface area contributed by atoms with Crippen LogP contribution in [0.15, 0.2) is 0 Å². The molecule has 2 aliphatic rings. The Kier molecular flexibility index (Phi) is 7.27. The predicted octanol–water partition coefficient (Wildman–Crippen LogP) is -5.25. The molecule has 0 spiro atoms. The maximum absolute atomic E-state index is 11.4. The fraction of sp³-hybridized carbons (Fsp3) is 0.929. The van der Waals surface area contributed by atoms with Crippen molar-refractivity contribution in [2.24, 2.45) is 0 Å². The fourth-order valence-electron chi connectivity index (χ4n) is 2.97. The lowest BCUT2D eigenvalue weighted by molar-refractivity contribution is -0.341. The van der Waals surface area contributed by atoms with Crippen LogP contribution in [0, 0.1) is 0 Å². The number of ether oxygens (including phenoxy) is 3. The molecule has 0 radical (unpaired) electrons. The quantitative estimate of drug-likeness (QED) is 0.226. The molecule has 2 fully saturated rings. The van der Waals surface area contributed by atoms with Crippen LogP contribution in [0.5, 0.6) is 0 Å². The topological polar surface area (TPSA) is 198 Å². The molecule has 0 aromatic rings. The molecule has 0 aliphatic carbocycles. The van der Waals surface area contributed by atoms with Crippen LogP contribution >= 0.6 is 0 Å². The highest BCUT2D eigenvalue weighted by Gasteiger charge is 2.50. The average Bonchev–Trinajstić information content (AvgIpc) is 2.60. The first-order valence-corrected chi connectivity index (χ1v) is 8.06. The number of hydrogen-bond acceptors (Lipinski definition) is 11. The summed E-state index contributed by atoms with van der Waals surface area (Å²) in [4.78, 5) is 11.4. The molecule has 26 heavy (non-hydrogen) atoms. The minimum absolute atomic E-state index is 0.574. The van der Waals surface area contributed by atoms with E-state index >= 15 is 0 Å². The van der Waals surface area contributed by atoms with Crippen LogP contribution in [0.4, 0.5) is 0 Å². The first kappa shape index (κ1) is 21.4. The number of nitrogens with one attached hydrogen (secondary N) is 1. The van der Waals surface area contributed by atoms with Crippen molar-refractivity contribution < 1.29 is 54.8 Å². The summed E-state index contributed by atoms with van der Waals surface area (Å²) in [6, 6.07) is -1.28. The number of aliphatic hydroxyl groups excluding tert-OH is 7. The standard InChI is InChI=1S/C14H25NO11/c1-4(18)15-7-12(9(20)6(3-17)24-13(7)23)26-14-11(22)10(21)8(19)5(2-16)25-14/h5-14,16-17,19-23H,2-3H2,1H3,(H,15,18)/t5-,6-,7-,8+,9+,10+,11-,12?,13+,14+/m1/s1. The minimum atomic E-state index is -1.74. The zero-order chi connectivity index (χ0) is 19.6. The molecule has 1 unspecified atom stereocenters. The third-order valence-electron chi connectivity index (χ3n) is 4.38. The van der Waals surface area contributed by atoms with Gasteiger partial charge in [0, 0.05) is 6.92 Å². The van der Waals surface area contributed by atoms with Gasteiger partial charge in [-0.2, -0.15) is 0 Å². The molecule has 0 bridgehead atoms. The van der Waals surface area contributed by atoms with Crippen molar-refractivity contribution in [3.05, 3.63) is 0 Å². The number of carbonyl (C=O) groups is 1. The zero-order valence-electron chi connectivity index (χ0n) is 14.0. The van der Waals surface area contributed by atoms with Crippen molar-refractivity contribution in [2.75, 3.05) is 13.2 Å². The van der Waals surface area contributed by atoms with Crippen LogP contribution in [0.2, 0.25) is 0 Å². The molecule has 0 saturated carbocycles. The lowest BCUT2D eigenvalue weighted by Gasteiger charge is -2.46. The second-order valence-corrected chi connectivity index (χ2v) is 6.26. The van der Waals surface area contributed by atoms with Gasteiger partial charge in [0.05, 0.1) is 13.2 Å². The van der Waals surface area contributed by atoms with Crippen molar-refractivity contribution >= 4 is 5.91 Å². The number of rotatable bonds is 5. The van der Waals surface area contributed by atoms with Crippen LogP contribution in [0.25, 0.3) is 0 Å². The second-order valence-electron chi connectivity index (χ2n) is 6.26. The normalized spacial score (nSPS) is 46.8. The molecular weight excluding hydrogens is 358 g/mol. The van der Waals surface area contributed by atoms with Crippen LogP contribution < -0.4 is 5.32 Å². The van der Waals surface area contributed by atoms with E-state index in [1.165, 1.54) is 0 Å². The van der Waals surface area contributed by atoms with E-state index in [9.17, 15) is 40.5 Å². The van der Waals surface area contributed by atoms with Crippen molar-refractivity contribution in [1.82, 2.24) is 5.32 Å². The van der Waals surface area contributed by atoms with Gasteiger partial charge in [0.15, 0.2) is 12.6 Å². The lowest BCUT2D eigenvalue weighted by atomic mass is 9.95. The summed E-state index contributed by atoms with van der Waals surface area (Å²) in [7, 11) is 0. The average molecular weight is 383 g/mol. The molecule has 2 aliphatic heterocycles. The number of hydrogen-bond donors (Lipinski definition) is 8. The highest BCUT2D eigenvalue weighted by Crippen LogP contribution is 2.28. The number of aliphatic hydroxyl groups is 7. The Labute approximate surface area is 148 Å². The van der Waals surface area contributed by atoms with Crippen LogP contribution in [-0.2, 0) is 19.0 Å². The third-order valence-corrected chi connectivity index (χ3v) is 4.38. The van der Waals surface area contributed by atoms with Gasteiger partial charge in [-0.25, -0.2) is 0 Å². The largest absolute Gasteiger partial charge is 0.394 e. The van der Waals surface area contributed by atoms with E-state index in [4.69, 9.17) is 14.2 Å². The molecule has 152 valence electrons. The van der Waals surface area contributed by atoms with Gasteiger partial charge in [0.2, 0.25) is 5.91 Å². The van der Waals surface area contributed by atoms with Crippen molar-refractivity contribution in [2.45, 2.75) is 68.3 Å². The van der Waals surface area contributed by atoms with Crippen molar-refractivity contribution in [3.8, 4) is 0 Å². The third kappa shape index (κ3) is 4.31. The Morgan fingerprint density at radius 2 is 1.50 bits per heavy atom. The molecule has 1 amide bonds. The molecule has 2 heterocycles. The summed E-state index contributed by atoms with van der Waals surface area (Å²) in [5, 5.41) is 70.7. The molecule has 12 nitrogen and oxygen atoms in total. The number of carbonyl (C=O) groups excluding carboxylic acids is 1. The van der Waals surface area contributed by atoms with Gasteiger partial charge in [0.1, 0.15) is 48.8 Å². The lowest BCUT2D eigenvalue weighted by Crippen LogP contribution is -2.67. The summed E-state index contributed by atoms with van der Waals surface area (Å²) in [6.45, 7) is -0.195. The van der Waals surface area contributed by atoms with Gasteiger partial charge in [-0.3, -0.25) is 4.79 Å². The molecule has 2 saturated heterocycles. The summed E-state index contributed by atoms with van der Waals surface area (Å²) in [6.07, 6.45) is -13.7. The van der Waals surface area contributed by atoms with E-state index in [0.717, 1.165) is 6.92 Å². The summed E-state index contributed by atoms with van der Waals surface area (Å²) >= 11 is 0. The Morgan fingerprint density at radius 3 is 2.04 bits per heavy atom. The molecule has 0 aromatic carbocycles. The van der Waals surface area contributed by atoms with E-state index in [1.807, 2.05) is 0 Å². The van der Waals surface area contributed by atoms with Crippen LogP contribution in [0.3, 0.4) is 0 Å². The Hall–Kier alpha value is -0.930. The second kappa shape index (κ2) is 8.84. The first-order chi connectivity index (χ1) is 12.2. The van der Waals surface area contributed by atoms with Crippen molar-refractivity contribution in [1.29, 1.82) is 0 Å². The summed E-state index contributed by atoms with van der Waals surface area (Å²) in [5.74, 6) is -0.574. The smallest absolute Gasteiger partial charge is 0.217 e. The molecule has 12 heteroatoms. The van der Waals surface area contributed by atoms with Crippen LogP contribution in [0.1, 0.15) is 6.92 Å². The molecule has 10 atom stereocenters. The Bertz CT molecular complexity index is 478. The van der Waals surface area contributed by atoms with E-state index < -0.39 is 80.5 Å². The van der Waals surface area contributed by atoms with Gasteiger partial charge < -0.3 is 55.3 Å². The predicted molar refractivity (Wildman–Crippen MR) is 80.2 cm³/mol. The molecule has 8 N–H and O–H groups in total. The summed E-state index contributed by atoms with van der Waals surface area (Å²) < 4.78 is 15.7. The van der Waals surface area contributed by atoms with E-state index in [1.54, 1.807) is 0 Å². The van der Waals surface area contributed by atoms with E-state index in [0.29, 0.717) is 0 Å². The van der Waals surface area contributed by atoms with Gasteiger partial charge in [-0.1, -0.05) is 0 Å². The highest BCUT2D eigenvalue weighted by molar-refractivity contribution is 5.73. The molecular formula is C14H25NO11. The highest BCUT2D eigenvalue weighted by atomic mass is 16.7. The fourth-order valence-corrected chi connectivity index (χ4v) is 2.97. The minimum Gasteiger partial charge on any atom is -0.394 e. The zero-order valence-corrected chi connectivity index (χ0v) is 14.0. The maximum Gasteiger partial charge on any atom is 0.217 e. The van der Waals surface area contributed by atoms with Crippen LogP contribution in [-0.4, -0.2) is 116 Å². The van der Waals surface area contributed by atoms with E-state index in [-0.39, 0.29) is 0 Å². The van der Waals surface area contributed by atoms with Gasteiger partial charge in [0.25, 0.3) is 0 Å². The Morgan fingerprint density at radius 1 is 0.923 bits per heavy atom. The van der Waals surface area contributed by atoms with Gasteiger partial charge >= 0.3 is 0 Å².